The van der Waals surface area contributed by atoms with Crippen LogP contribution in [-0.4, -0.2) is 33.4 Å². The van der Waals surface area contributed by atoms with Crippen molar-refractivity contribution in [2.45, 2.75) is 17.9 Å². The quantitative estimate of drug-likeness (QED) is 0.943. The summed E-state index contributed by atoms with van der Waals surface area (Å²) in [6, 6.07) is 10.5. The molecule has 0 radical (unpaired) electrons. The van der Waals surface area contributed by atoms with Crippen molar-refractivity contribution in [3.05, 3.63) is 54.4 Å². The molecule has 0 aliphatic heterocycles. The second-order valence-electron chi connectivity index (χ2n) is 4.95. The molecule has 0 saturated heterocycles. The highest BCUT2D eigenvalue weighted by Gasteiger charge is 2.18. The molecule has 0 unspecified atom stereocenters. The Morgan fingerprint density at radius 1 is 1.23 bits per heavy atom. The van der Waals surface area contributed by atoms with Crippen LogP contribution in [0.3, 0.4) is 0 Å². The second-order valence-corrected chi connectivity index (χ2v) is 6.30. The molecule has 2 aromatic rings. The molecule has 0 aliphatic carbocycles. The van der Waals surface area contributed by atoms with E-state index >= 15 is 0 Å². The van der Waals surface area contributed by atoms with Gasteiger partial charge in [0, 0.05) is 25.7 Å². The summed E-state index contributed by atoms with van der Waals surface area (Å²) in [5, 5.41) is 2.82. The Bertz CT molecular complexity index is 676. The van der Waals surface area contributed by atoms with Crippen molar-refractivity contribution >= 4 is 22.5 Å². The fourth-order valence-corrected chi connectivity index (χ4v) is 2.76. The van der Waals surface area contributed by atoms with Crippen LogP contribution in [0.4, 0.5) is 10.5 Å². The molecule has 1 heterocycles. The van der Waals surface area contributed by atoms with Gasteiger partial charge in [-0.25, -0.2) is 4.79 Å². The molecule has 0 fully saturated rings. The highest BCUT2D eigenvalue weighted by atomic mass is 32.2. The number of benzene rings is 1. The molecule has 0 spiro atoms. The van der Waals surface area contributed by atoms with Gasteiger partial charge in [-0.3, -0.25) is 9.19 Å². The largest absolute Gasteiger partial charge is 0.322 e. The minimum Gasteiger partial charge on any atom is -0.321 e. The molecular weight excluding hydrogens is 298 g/mol. The molecule has 0 aliphatic rings. The lowest BCUT2D eigenvalue weighted by atomic mass is 10.1. The Labute approximate surface area is 132 Å². The Kier molecular flexibility index (Phi) is 5.27. The maximum Gasteiger partial charge on any atom is 0.322 e. The standard InChI is InChI=1S/C16H19N3O2S/c1-12(13-8-10-17-11-9-13)19(2)16(20)18-14-6-4-5-7-15(14)22(3)21/h4-12H,1-3H3,(H,18,20)/t12-,22-/m0/s1. The van der Waals surface area contributed by atoms with Crippen molar-refractivity contribution in [1.29, 1.82) is 0 Å². The lowest BCUT2D eigenvalue weighted by Gasteiger charge is -2.25. The number of aromatic nitrogens is 1. The van der Waals surface area contributed by atoms with E-state index in [1.807, 2.05) is 19.1 Å². The topological polar surface area (TPSA) is 62.3 Å². The van der Waals surface area contributed by atoms with E-state index < -0.39 is 10.8 Å². The Morgan fingerprint density at radius 2 is 1.86 bits per heavy atom. The fourth-order valence-electron chi connectivity index (χ4n) is 2.07. The normalized spacial score (nSPS) is 13.2. The number of pyridine rings is 1. The molecular formula is C16H19N3O2S. The van der Waals surface area contributed by atoms with Crippen molar-refractivity contribution in [2.75, 3.05) is 18.6 Å². The summed E-state index contributed by atoms with van der Waals surface area (Å²) in [7, 11) is 0.570. The zero-order valence-electron chi connectivity index (χ0n) is 12.8. The van der Waals surface area contributed by atoms with Crippen LogP contribution in [-0.2, 0) is 10.8 Å². The average molecular weight is 317 g/mol. The molecule has 2 amide bonds. The molecule has 0 bridgehead atoms. The number of anilines is 1. The first kappa shape index (κ1) is 16.2. The summed E-state index contributed by atoms with van der Waals surface area (Å²) in [4.78, 5) is 18.6. The summed E-state index contributed by atoms with van der Waals surface area (Å²) in [6.07, 6.45) is 4.99. The molecule has 22 heavy (non-hydrogen) atoms. The van der Waals surface area contributed by atoms with E-state index in [2.05, 4.69) is 10.3 Å². The molecule has 6 heteroatoms. The SMILES string of the molecule is C[C@@H](c1ccncc1)N(C)C(=O)Nc1ccccc1[S@](C)=O. The van der Waals surface area contributed by atoms with Gasteiger partial charge in [-0.05, 0) is 36.8 Å². The highest BCUT2D eigenvalue weighted by Crippen LogP contribution is 2.22. The zero-order valence-corrected chi connectivity index (χ0v) is 13.6. The first-order chi connectivity index (χ1) is 10.5. The van der Waals surface area contributed by atoms with Gasteiger partial charge in [-0.2, -0.15) is 0 Å². The van der Waals surface area contributed by atoms with E-state index in [0.29, 0.717) is 10.6 Å². The van der Waals surface area contributed by atoms with Gasteiger partial charge in [0.1, 0.15) is 0 Å². The van der Waals surface area contributed by atoms with Crippen molar-refractivity contribution in [3.8, 4) is 0 Å². The van der Waals surface area contributed by atoms with Gasteiger partial charge in [0.05, 0.1) is 27.4 Å². The zero-order chi connectivity index (χ0) is 16.1. The maximum absolute atomic E-state index is 12.4. The lowest BCUT2D eigenvalue weighted by Crippen LogP contribution is -2.33. The summed E-state index contributed by atoms with van der Waals surface area (Å²) in [5.41, 5.74) is 1.57. The monoisotopic (exact) mass is 317 g/mol. The minimum atomic E-state index is -1.16. The molecule has 1 aromatic carbocycles. The van der Waals surface area contributed by atoms with Crippen molar-refractivity contribution in [3.63, 3.8) is 0 Å². The molecule has 5 nitrogen and oxygen atoms in total. The summed E-state index contributed by atoms with van der Waals surface area (Å²) in [5.74, 6) is 0. The molecule has 1 aromatic heterocycles. The predicted molar refractivity (Wildman–Crippen MR) is 88.2 cm³/mol. The molecule has 116 valence electrons. The predicted octanol–water partition coefficient (Wildman–Crippen LogP) is 3.04. The van der Waals surface area contributed by atoms with Gasteiger partial charge in [-0.15, -0.1) is 0 Å². The van der Waals surface area contributed by atoms with Crippen LogP contribution in [0.2, 0.25) is 0 Å². The van der Waals surface area contributed by atoms with E-state index in [9.17, 15) is 9.00 Å². The van der Waals surface area contributed by atoms with Crippen molar-refractivity contribution in [2.24, 2.45) is 0 Å². The van der Waals surface area contributed by atoms with Crippen LogP contribution in [0, 0.1) is 0 Å². The van der Waals surface area contributed by atoms with Crippen LogP contribution >= 0.6 is 0 Å². The second kappa shape index (κ2) is 7.17. The minimum absolute atomic E-state index is 0.0951. The Hall–Kier alpha value is -2.21. The van der Waals surface area contributed by atoms with Crippen LogP contribution in [0.15, 0.2) is 53.7 Å². The summed E-state index contributed by atoms with van der Waals surface area (Å²) < 4.78 is 11.7. The van der Waals surface area contributed by atoms with E-state index in [1.165, 1.54) is 0 Å². The van der Waals surface area contributed by atoms with Gasteiger partial charge in [0.15, 0.2) is 0 Å². The van der Waals surface area contributed by atoms with Crippen LogP contribution in [0.1, 0.15) is 18.5 Å². The highest BCUT2D eigenvalue weighted by molar-refractivity contribution is 7.84. The molecule has 1 N–H and O–H groups in total. The van der Waals surface area contributed by atoms with E-state index in [-0.39, 0.29) is 12.1 Å². The molecule has 2 atom stereocenters. The summed E-state index contributed by atoms with van der Waals surface area (Å²) in [6.45, 7) is 1.94. The van der Waals surface area contributed by atoms with Crippen LogP contribution in [0.5, 0.6) is 0 Å². The van der Waals surface area contributed by atoms with Crippen molar-refractivity contribution < 1.29 is 9.00 Å². The number of amides is 2. The van der Waals surface area contributed by atoms with Gasteiger partial charge in [0.25, 0.3) is 0 Å². The number of hydrogen-bond acceptors (Lipinski definition) is 3. The number of urea groups is 1. The third-order valence-corrected chi connectivity index (χ3v) is 4.50. The smallest absolute Gasteiger partial charge is 0.321 e. The number of carbonyl (C=O) groups excluding carboxylic acids is 1. The molecule has 0 saturated carbocycles. The van der Waals surface area contributed by atoms with E-state index in [0.717, 1.165) is 5.56 Å². The molecule has 2 rings (SSSR count). The third-order valence-electron chi connectivity index (χ3n) is 3.53. The maximum atomic E-state index is 12.4. The van der Waals surface area contributed by atoms with Gasteiger partial charge >= 0.3 is 6.03 Å². The average Bonchev–Trinajstić information content (AvgIpc) is 2.54. The van der Waals surface area contributed by atoms with Crippen LogP contribution in [0.25, 0.3) is 0 Å². The Morgan fingerprint density at radius 3 is 2.50 bits per heavy atom. The summed E-state index contributed by atoms with van der Waals surface area (Å²) >= 11 is 0. The first-order valence-electron chi connectivity index (χ1n) is 6.87. The van der Waals surface area contributed by atoms with Gasteiger partial charge in [-0.1, -0.05) is 12.1 Å². The number of nitrogens with one attached hydrogen (secondary N) is 1. The number of nitrogens with zero attached hydrogens (tertiary/aromatic N) is 2. The fraction of sp³-hybridized carbons (Fsp3) is 0.250. The first-order valence-corrected chi connectivity index (χ1v) is 8.42. The van der Waals surface area contributed by atoms with E-state index in [1.54, 1.807) is 54.9 Å². The number of carbonyl (C=O) groups is 1. The Balaban J connectivity index is 2.14. The van der Waals surface area contributed by atoms with Gasteiger partial charge in [0.2, 0.25) is 0 Å². The third kappa shape index (κ3) is 3.71. The van der Waals surface area contributed by atoms with Crippen molar-refractivity contribution in [1.82, 2.24) is 9.88 Å². The van der Waals surface area contributed by atoms with Crippen LogP contribution < -0.4 is 5.32 Å². The number of rotatable bonds is 4. The van der Waals surface area contributed by atoms with Gasteiger partial charge < -0.3 is 10.2 Å². The number of para-hydroxylation sites is 1. The lowest BCUT2D eigenvalue weighted by molar-refractivity contribution is 0.208. The number of hydrogen-bond donors (Lipinski definition) is 1. The van der Waals surface area contributed by atoms with E-state index in [4.69, 9.17) is 0 Å².